The number of aromatic amines is 1. The largest absolute Gasteiger partial charge is 0.494 e. The molecule has 226 valence electrons. The second-order valence-corrected chi connectivity index (χ2v) is 10.5. The van der Waals surface area contributed by atoms with E-state index < -0.39 is 42.9 Å². The summed E-state index contributed by atoms with van der Waals surface area (Å²) >= 11 is 0. The molecular formula is C27H43N3O10. The average molecular weight is 570 g/mol. The Bertz CT molecular complexity index is 1050. The molecule has 1 aliphatic rings. The lowest BCUT2D eigenvalue weighted by Gasteiger charge is -2.39. The van der Waals surface area contributed by atoms with Crippen LogP contribution in [0.3, 0.4) is 0 Å². The van der Waals surface area contributed by atoms with Crippen molar-refractivity contribution in [2.45, 2.75) is 75.8 Å². The molecule has 0 saturated carbocycles. The van der Waals surface area contributed by atoms with Crippen LogP contribution in [0.15, 0.2) is 18.2 Å². The van der Waals surface area contributed by atoms with E-state index >= 15 is 0 Å². The van der Waals surface area contributed by atoms with Gasteiger partial charge in [0.15, 0.2) is 0 Å². The van der Waals surface area contributed by atoms with E-state index in [1.807, 2.05) is 39.0 Å². The SMILES string of the molecule is Cc1cc(OCCCNC(CO)(CO)CO)ccc1Cc1c(O[C@@H]2O[C@H](CO)[C@@H](O)[C@H](O)[C@H]2O)n[nH]c1C(C)C. The van der Waals surface area contributed by atoms with E-state index in [1.165, 1.54) is 0 Å². The lowest BCUT2D eigenvalue weighted by Crippen LogP contribution is -2.60. The highest BCUT2D eigenvalue weighted by molar-refractivity contribution is 5.42. The van der Waals surface area contributed by atoms with E-state index in [9.17, 15) is 35.7 Å². The number of nitrogens with zero attached hydrogens (tertiary/aromatic N) is 1. The normalized spacial score (nSPS) is 23.5. The van der Waals surface area contributed by atoms with Crippen LogP contribution in [0.5, 0.6) is 11.6 Å². The number of hydrogen-bond acceptors (Lipinski definition) is 12. The Labute approximate surface area is 233 Å². The van der Waals surface area contributed by atoms with Gasteiger partial charge in [-0.15, -0.1) is 5.10 Å². The summed E-state index contributed by atoms with van der Waals surface area (Å²) in [7, 11) is 0. The van der Waals surface area contributed by atoms with Crippen molar-refractivity contribution in [3.63, 3.8) is 0 Å². The Morgan fingerprint density at radius 1 is 1.05 bits per heavy atom. The van der Waals surface area contributed by atoms with Crippen molar-refractivity contribution in [3.05, 3.63) is 40.6 Å². The van der Waals surface area contributed by atoms with Gasteiger partial charge in [-0.2, -0.15) is 0 Å². The van der Waals surface area contributed by atoms with Gasteiger partial charge in [0, 0.05) is 17.7 Å². The van der Waals surface area contributed by atoms with Crippen molar-refractivity contribution in [2.75, 3.05) is 39.6 Å². The number of benzene rings is 1. The Morgan fingerprint density at radius 2 is 1.75 bits per heavy atom. The monoisotopic (exact) mass is 569 g/mol. The van der Waals surface area contributed by atoms with E-state index in [2.05, 4.69) is 15.5 Å². The minimum atomic E-state index is -1.56. The fraction of sp³-hybridized carbons (Fsp3) is 0.667. The van der Waals surface area contributed by atoms with Crippen molar-refractivity contribution in [2.24, 2.45) is 0 Å². The average Bonchev–Trinajstić information content (AvgIpc) is 3.35. The molecule has 40 heavy (non-hydrogen) atoms. The molecule has 1 fully saturated rings. The van der Waals surface area contributed by atoms with E-state index in [1.54, 1.807) is 0 Å². The molecule has 0 bridgehead atoms. The summed E-state index contributed by atoms with van der Waals surface area (Å²) in [6.45, 7) is 5.07. The fourth-order valence-electron chi connectivity index (χ4n) is 4.46. The Morgan fingerprint density at radius 3 is 2.35 bits per heavy atom. The van der Waals surface area contributed by atoms with Gasteiger partial charge in [0.2, 0.25) is 12.2 Å². The predicted octanol–water partition coefficient (Wildman–Crippen LogP) is -1.31. The third kappa shape index (κ3) is 7.49. The van der Waals surface area contributed by atoms with Crippen LogP contribution in [0.2, 0.25) is 0 Å². The Hall–Kier alpha value is -2.33. The van der Waals surface area contributed by atoms with Gasteiger partial charge in [-0.05, 0) is 49.1 Å². The predicted molar refractivity (Wildman–Crippen MR) is 143 cm³/mol. The highest BCUT2D eigenvalue weighted by Gasteiger charge is 2.45. The first-order chi connectivity index (χ1) is 19.1. The first kappa shape index (κ1) is 32.2. The first-order valence-corrected chi connectivity index (χ1v) is 13.4. The second-order valence-electron chi connectivity index (χ2n) is 10.5. The number of aliphatic hydroxyl groups excluding tert-OH is 7. The van der Waals surface area contributed by atoms with Gasteiger partial charge in [0.1, 0.15) is 30.2 Å². The van der Waals surface area contributed by atoms with Crippen LogP contribution in [-0.2, 0) is 11.2 Å². The number of aliphatic hydroxyl groups is 7. The summed E-state index contributed by atoms with van der Waals surface area (Å²) in [6, 6.07) is 5.70. The molecule has 0 radical (unpaired) electrons. The van der Waals surface area contributed by atoms with Gasteiger partial charge in [-0.1, -0.05) is 19.9 Å². The van der Waals surface area contributed by atoms with E-state index in [0.717, 1.165) is 22.4 Å². The van der Waals surface area contributed by atoms with Crippen molar-refractivity contribution >= 4 is 0 Å². The molecule has 13 heteroatoms. The summed E-state index contributed by atoms with van der Waals surface area (Å²) < 4.78 is 17.2. The summed E-state index contributed by atoms with van der Waals surface area (Å²) in [5.74, 6) is 0.936. The molecule has 1 aromatic heterocycles. The molecule has 5 atom stereocenters. The molecule has 1 saturated heterocycles. The number of aryl methyl sites for hydroxylation is 1. The minimum absolute atomic E-state index is 0.0763. The van der Waals surface area contributed by atoms with Crippen LogP contribution in [0.25, 0.3) is 0 Å². The lowest BCUT2D eigenvalue weighted by molar-refractivity contribution is -0.278. The van der Waals surface area contributed by atoms with E-state index in [-0.39, 0.29) is 31.6 Å². The second kappa shape index (κ2) is 14.5. The molecule has 3 rings (SSSR count). The van der Waals surface area contributed by atoms with Crippen LogP contribution in [0.1, 0.15) is 48.6 Å². The molecule has 0 spiro atoms. The molecule has 0 aliphatic carbocycles. The topological polar surface area (TPSA) is 210 Å². The number of nitrogens with one attached hydrogen (secondary N) is 2. The first-order valence-electron chi connectivity index (χ1n) is 13.4. The summed E-state index contributed by atoms with van der Waals surface area (Å²) in [5, 5.41) is 78.4. The highest BCUT2D eigenvalue weighted by atomic mass is 16.7. The number of H-pyrrole nitrogens is 1. The maximum Gasteiger partial charge on any atom is 0.238 e. The van der Waals surface area contributed by atoms with E-state index in [4.69, 9.17) is 14.2 Å². The zero-order valence-electron chi connectivity index (χ0n) is 23.2. The van der Waals surface area contributed by atoms with Crippen LogP contribution in [0, 0.1) is 6.92 Å². The van der Waals surface area contributed by atoms with Crippen molar-refractivity contribution in [3.8, 4) is 11.6 Å². The van der Waals surface area contributed by atoms with Gasteiger partial charge >= 0.3 is 0 Å². The quantitative estimate of drug-likeness (QED) is 0.114. The van der Waals surface area contributed by atoms with Crippen molar-refractivity contribution in [1.82, 2.24) is 15.5 Å². The van der Waals surface area contributed by atoms with E-state index in [0.29, 0.717) is 31.7 Å². The molecule has 0 amide bonds. The van der Waals surface area contributed by atoms with Crippen molar-refractivity contribution in [1.29, 1.82) is 0 Å². The maximum atomic E-state index is 10.4. The van der Waals surface area contributed by atoms with Crippen LogP contribution < -0.4 is 14.8 Å². The molecule has 13 nitrogen and oxygen atoms in total. The zero-order chi connectivity index (χ0) is 29.4. The summed E-state index contributed by atoms with van der Waals surface area (Å²) in [6.07, 6.45) is -6.00. The minimum Gasteiger partial charge on any atom is -0.494 e. The van der Waals surface area contributed by atoms with Crippen molar-refractivity contribution < 1.29 is 50.0 Å². The number of hydrogen-bond donors (Lipinski definition) is 9. The number of rotatable bonds is 15. The van der Waals surface area contributed by atoms with Crippen LogP contribution in [0.4, 0.5) is 0 Å². The van der Waals surface area contributed by atoms with Gasteiger partial charge in [0.25, 0.3) is 0 Å². The zero-order valence-corrected chi connectivity index (χ0v) is 23.2. The highest BCUT2D eigenvalue weighted by Crippen LogP contribution is 2.32. The molecule has 2 aromatic rings. The third-order valence-electron chi connectivity index (χ3n) is 7.19. The van der Waals surface area contributed by atoms with Gasteiger partial charge in [-0.25, -0.2) is 0 Å². The van der Waals surface area contributed by atoms with Crippen LogP contribution >= 0.6 is 0 Å². The van der Waals surface area contributed by atoms with Gasteiger partial charge in [0.05, 0.1) is 38.6 Å². The smallest absolute Gasteiger partial charge is 0.238 e. The lowest BCUT2D eigenvalue weighted by atomic mass is 9.96. The fourth-order valence-corrected chi connectivity index (χ4v) is 4.46. The molecule has 1 aliphatic heterocycles. The van der Waals surface area contributed by atoms with Gasteiger partial charge in [-0.3, -0.25) is 5.10 Å². The summed E-state index contributed by atoms with van der Waals surface area (Å²) in [4.78, 5) is 0. The molecular weight excluding hydrogens is 526 g/mol. The Kier molecular flexibility index (Phi) is 11.7. The van der Waals surface area contributed by atoms with Crippen LogP contribution in [-0.4, -0.2) is 122 Å². The maximum absolute atomic E-state index is 10.4. The molecule has 9 N–H and O–H groups in total. The molecule has 2 heterocycles. The Balaban J connectivity index is 1.67. The molecule has 0 unspecified atom stereocenters. The summed E-state index contributed by atoms with van der Waals surface area (Å²) in [5.41, 5.74) is 2.40. The number of aromatic nitrogens is 2. The standard InChI is InChI=1S/C27H43N3O10/c1-15(2)21-19(25(30-29-21)40-26-24(37)23(36)22(35)20(11-31)39-26)10-17-5-6-18(9-16(17)3)38-8-4-7-28-27(12-32,13-33)14-34/h5-6,9,15,20,22-24,26,28,31-37H,4,7-8,10-14H2,1-3H3,(H,29,30)/t20-,22-,23+,24-,26+/m1/s1. The third-order valence-corrected chi connectivity index (χ3v) is 7.19. The number of ether oxygens (including phenoxy) is 3. The molecule has 1 aromatic carbocycles. The van der Waals surface area contributed by atoms with Gasteiger partial charge < -0.3 is 55.3 Å².